The third kappa shape index (κ3) is 2.09. The van der Waals surface area contributed by atoms with Crippen molar-refractivity contribution >= 4 is 0 Å². The molecule has 98 valence electrons. The summed E-state index contributed by atoms with van der Waals surface area (Å²) in [5, 5.41) is 3.61. The molecule has 18 heavy (non-hydrogen) atoms. The van der Waals surface area contributed by atoms with Gasteiger partial charge < -0.3 is 5.32 Å². The lowest BCUT2D eigenvalue weighted by Gasteiger charge is -2.43. The number of hydrogen-bond donors (Lipinski definition) is 1. The molecule has 0 aromatic heterocycles. The van der Waals surface area contributed by atoms with E-state index in [9.17, 15) is 0 Å². The molecular weight excluding hydrogens is 218 g/mol. The van der Waals surface area contributed by atoms with Gasteiger partial charge in [0.2, 0.25) is 0 Å². The highest BCUT2D eigenvalue weighted by molar-refractivity contribution is 5.25. The van der Waals surface area contributed by atoms with E-state index in [0.29, 0.717) is 16.7 Å². The maximum absolute atomic E-state index is 3.61. The van der Waals surface area contributed by atoms with E-state index < -0.39 is 0 Å². The Balaban J connectivity index is 1.92. The van der Waals surface area contributed by atoms with Crippen LogP contribution in [0, 0.1) is 10.8 Å². The second kappa shape index (κ2) is 4.38. The second-order valence-electron chi connectivity index (χ2n) is 7.12. The van der Waals surface area contributed by atoms with Gasteiger partial charge in [-0.3, -0.25) is 0 Å². The van der Waals surface area contributed by atoms with Crippen LogP contribution in [0.4, 0.5) is 0 Å². The van der Waals surface area contributed by atoms with Gasteiger partial charge in [0, 0.05) is 12.5 Å². The second-order valence-corrected chi connectivity index (χ2v) is 7.12. The third-order valence-electron chi connectivity index (χ3n) is 5.22. The van der Waals surface area contributed by atoms with Crippen LogP contribution in [-0.4, -0.2) is 13.1 Å². The average molecular weight is 243 g/mol. The Labute approximate surface area is 111 Å². The highest BCUT2D eigenvalue weighted by Crippen LogP contribution is 2.58. The molecule has 0 radical (unpaired) electrons. The zero-order chi connectivity index (χ0) is 12.6. The van der Waals surface area contributed by atoms with Crippen LogP contribution in [0.1, 0.15) is 51.0 Å². The number of nitrogens with one attached hydrogen (secondary N) is 1. The van der Waals surface area contributed by atoms with Gasteiger partial charge >= 0.3 is 0 Å². The van der Waals surface area contributed by atoms with Gasteiger partial charge in [0.15, 0.2) is 0 Å². The van der Waals surface area contributed by atoms with Crippen LogP contribution in [0.15, 0.2) is 30.3 Å². The maximum Gasteiger partial charge on any atom is 0.00255 e. The summed E-state index contributed by atoms with van der Waals surface area (Å²) in [4.78, 5) is 0. The normalized spacial score (nSPS) is 34.9. The highest BCUT2D eigenvalue weighted by Gasteiger charge is 2.49. The van der Waals surface area contributed by atoms with Crippen molar-refractivity contribution in [2.24, 2.45) is 10.8 Å². The van der Waals surface area contributed by atoms with Crippen molar-refractivity contribution in [3.63, 3.8) is 0 Å². The van der Waals surface area contributed by atoms with Gasteiger partial charge in [0.25, 0.3) is 0 Å². The molecule has 1 aliphatic carbocycles. The summed E-state index contributed by atoms with van der Waals surface area (Å²) in [6, 6.07) is 11.2. The van der Waals surface area contributed by atoms with E-state index in [1.54, 1.807) is 5.56 Å². The molecule has 2 atom stereocenters. The van der Waals surface area contributed by atoms with Crippen LogP contribution in [0.2, 0.25) is 0 Å². The molecule has 0 amide bonds. The molecule has 3 rings (SSSR count). The van der Waals surface area contributed by atoms with E-state index in [1.165, 1.54) is 38.8 Å². The van der Waals surface area contributed by atoms with E-state index in [4.69, 9.17) is 0 Å². The molecule has 1 N–H and O–H groups in total. The van der Waals surface area contributed by atoms with Gasteiger partial charge in [-0.25, -0.2) is 0 Å². The van der Waals surface area contributed by atoms with Gasteiger partial charge in [-0.2, -0.15) is 0 Å². The van der Waals surface area contributed by atoms with Gasteiger partial charge in [-0.05, 0) is 48.6 Å². The first-order chi connectivity index (χ1) is 8.61. The molecule has 0 bridgehead atoms. The van der Waals surface area contributed by atoms with Crippen molar-refractivity contribution in [2.75, 3.05) is 13.1 Å². The predicted octanol–water partition coefficient (Wildman–Crippen LogP) is 3.96. The molecule has 1 aromatic rings. The minimum Gasteiger partial charge on any atom is -0.316 e. The fraction of sp³-hybridized carbons (Fsp3) is 0.647. The molecule has 1 aliphatic heterocycles. The molecule has 1 saturated heterocycles. The Morgan fingerprint density at radius 1 is 1.06 bits per heavy atom. The summed E-state index contributed by atoms with van der Waals surface area (Å²) in [6.07, 6.45) is 5.58. The molecule has 1 heteroatoms. The summed E-state index contributed by atoms with van der Waals surface area (Å²) in [5.41, 5.74) is 2.66. The summed E-state index contributed by atoms with van der Waals surface area (Å²) < 4.78 is 0. The third-order valence-corrected chi connectivity index (χ3v) is 5.22. The fourth-order valence-electron chi connectivity index (χ4n) is 4.36. The lowest BCUT2D eigenvalue weighted by atomic mass is 9.65. The van der Waals surface area contributed by atoms with Crippen molar-refractivity contribution in [3.05, 3.63) is 35.9 Å². The van der Waals surface area contributed by atoms with Crippen LogP contribution in [0.5, 0.6) is 0 Å². The van der Waals surface area contributed by atoms with Crippen LogP contribution in [0.25, 0.3) is 0 Å². The molecule has 2 unspecified atom stereocenters. The van der Waals surface area contributed by atoms with E-state index in [0.717, 1.165) is 0 Å². The van der Waals surface area contributed by atoms with E-state index >= 15 is 0 Å². The monoisotopic (exact) mass is 243 g/mol. The van der Waals surface area contributed by atoms with Crippen molar-refractivity contribution in [2.45, 2.75) is 45.4 Å². The van der Waals surface area contributed by atoms with Crippen LogP contribution >= 0.6 is 0 Å². The van der Waals surface area contributed by atoms with Crippen molar-refractivity contribution in [1.29, 1.82) is 0 Å². The zero-order valence-corrected chi connectivity index (χ0v) is 11.7. The first-order valence-corrected chi connectivity index (χ1v) is 7.37. The average Bonchev–Trinajstić information content (AvgIpc) is 2.67. The summed E-state index contributed by atoms with van der Waals surface area (Å²) in [5.74, 6) is 0.717. The van der Waals surface area contributed by atoms with Crippen molar-refractivity contribution in [1.82, 2.24) is 5.32 Å². The van der Waals surface area contributed by atoms with Gasteiger partial charge in [0.1, 0.15) is 0 Å². The minimum absolute atomic E-state index is 0.546. The van der Waals surface area contributed by atoms with Gasteiger partial charge in [0.05, 0.1) is 0 Å². The molecular formula is C17H25N. The Hall–Kier alpha value is -0.820. The standard InChI is InChI=1S/C17H25N/c1-16(2)8-9-17(13-16)10-11-18-12-15(17)14-6-4-3-5-7-14/h3-7,15,18H,8-13H2,1-2H3. The summed E-state index contributed by atoms with van der Waals surface area (Å²) in [7, 11) is 0. The van der Waals surface area contributed by atoms with Gasteiger partial charge in [-0.1, -0.05) is 44.2 Å². The molecule has 1 aromatic carbocycles. The Kier molecular flexibility index (Phi) is 2.97. The van der Waals surface area contributed by atoms with E-state index in [1.807, 2.05) is 0 Å². The maximum atomic E-state index is 3.61. The summed E-state index contributed by atoms with van der Waals surface area (Å²) in [6.45, 7) is 7.27. The minimum atomic E-state index is 0.546. The van der Waals surface area contributed by atoms with Crippen LogP contribution < -0.4 is 5.32 Å². The van der Waals surface area contributed by atoms with Crippen LogP contribution in [-0.2, 0) is 0 Å². The number of rotatable bonds is 1. The smallest absolute Gasteiger partial charge is 0.00255 e. The molecule has 1 saturated carbocycles. The van der Waals surface area contributed by atoms with E-state index in [-0.39, 0.29) is 0 Å². The number of benzene rings is 1. The van der Waals surface area contributed by atoms with Gasteiger partial charge in [-0.15, -0.1) is 0 Å². The Bertz CT molecular complexity index is 409. The SMILES string of the molecule is CC1(C)CCC2(CCNCC2c2ccccc2)C1. The summed E-state index contributed by atoms with van der Waals surface area (Å²) >= 11 is 0. The largest absolute Gasteiger partial charge is 0.316 e. The highest BCUT2D eigenvalue weighted by atomic mass is 14.9. The molecule has 1 spiro atoms. The molecule has 1 heterocycles. The lowest BCUT2D eigenvalue weighted by molar-refractivity contribution is 0.151. The number of hydrogen-bond acceptors (Lipinski definition) is 1. The van der Waals surface area contributed by atoms with Crippen molar-refractivity contribution < 1.29 is 0 Å². The predicted molar refractivity (Wildman–Crippen MR) is 76.7 cm³/mol. The quantitative estimate of drug-likeness (QED) is 0.787. The molecule has 2 fully saturated rings. The molecule has 2 aliphatic rings. The zero-order valence-electron chi connectivity index (χ0n) is 11.7. The Morgan fingerprint density at radius 2 is 1.83 bits per heavy atom. The fourth-order valence-corrected chi connectivity index (χ4v) is 4.36. The van der Waals surface area contributed by atoms with Crippen molar-refractivity contribution in [3.8, 4) is 0 Å². The number of piperidine rings is 1. The van der Waals surface area contributed by atoms with E-state index in [2.05, 4.69) is 49.5 Å². The Morgan fingerprint density at radius 3 is 2.50 bits per heavy atom. The lowest BCUT2D eigenvalue weighted by Crippen LogP contribution is -2.42. The molecule has 1 nitrogen and oxygen atoms in total. The topological polar surface area (TPSA) is 12.0 Å². The van der Waals surface area contributed by atoms with Crippen LogP contribution in [0.3, 0.4) is 0 Å². The first kappa shape index (κ1) is 12.2. The first-order valence-electron chi connectivity index (χ1n) is 7.37.